The van der Waals surface area contributed by atoms with Gasteiger partial charge in [0.1, 0.15) is 5.75 Å². The van der Waals surface area contributed by atoms with Crippen LogP contribution in [0, 0.1) is 0 Å². The van der Waals surface area contributed by atoms with Crippen molar-refractivity contribution in [3.8, 4) is 5.75 Å². The lowest BCUT2D eigenvalue weighted by molar-refractivity contribution is -0.137. The molecule has 1 fully saturated rings. The Morgan fingerprint density at radius 2 is 1.90 bits per heavy atom. The Balaban J connectivity index is 1.82. The van der Waals surface area contributed by atoms with Crippen LogP contribution in [-0.2, 0) is 16.1 Å². The third-order valence-corrected chi connectivity index (χ3v) is 3.67. The van der Waals surface area contributed by atoms with E-state index in [1.807, 2.05) is 19.1 Å². The third kappa shape index (κ3) is 4.90. The van der Waals surface area contributed by atoms with Gasteiger partial charge in [0.05, 0.1) is 13.7 Å². The summed E-state index contributed by atoms with van der Waals surface area (Å²) in [5, 5.41) is 0. The number of benzene rings is 1. The van der Waals surface area contributed by atoms with Gasteiger partial charge in [0.2, 0.25) is 0 Å². The molecule has 0 bridgehead atoms. The van der Waals surface area contributed by atoms with E-state index in [2.05, 4.69) is 17.0 Å². The Kier molecular flexibility index (Phi) is 5.81. The topological polar surface area (TPSA) is 38.8 Å². The highest BCUT2D eigenvalue weighted by Gasteiger charge is 2.15. The first kappa shape index (κ1) is 15.6. The lowest BCUT2D eigenvalue weighted by Gasteiger charge is -2.28. The molecule has 4 nitrogen and oxygen atoms in total. The maximum atomic E-state index is 11.4. The standard InChI is InChI=1S/C17H23NO3/c1-3-21-17(19)12-14-8-10-18(11-9-14)13-15-4-6-16(20-2)7-5-15/h4-7,12H,3,8-11,13H2,1-2H3. The molecule has 1 aliphatic rings. The molecule has 0 spiro atoms. The summed E-state index contributed by atoms with van der Waals surface area (Å²) in [7, 11) is 1.68. The average molecular weight is 289 g/mol. The molecule has 0 N–H and O–H groups in total. The Bertz CT molecular complexity index is 483. The zero-order valence-electron chi connectivity index (χ0n) is 12.8. The molecule has 0 saturated carbocycles. The van der Waals surface area contributed by atoms with Crippen LogP contribution in [0.4, 0.5) is 0 Å². The molecule has 2 rings (SSSR count). The molecule has 1 heterocycles. The second-order valence-corrected chi connectivity index (χ2v) is 5.18. The number of likely N-dealkylation sites (tertiary alicyclic amines) is 1. The molecule has 0 atom stereocenters. The SMILES string of the molecule is CCOC(=O)C=C1CCN(Cc2ccc(OC)cc2)CC1. The Morgan fingerprint density at radius 1 is 1.24 bits per heavy atom. The maximum Gasteiger partial charge on any atom is 0.330 e. The number of esters is 1. The van der Waals surface area contributed by atoms with Crippen LogP contribution in [0.25, 0.3) is 0 Å². The number of rotatable bonds is 5. The summed E-state index contributed by atoms with van der Waals surface area (Å²) in [6.45, 7) is 5.17. The highest BCUT2D eigenvalue weighted by molar-refractivity contribution is 5.82. The van der Waals surface area contributed by atoms with Crippen LogP contribution in [0.3, 0.4) is 0 Å². The molecule has 4 heteroatoms. The Hall–Kier alpha value is -1.81. The normalized spacial score (nSPS) is 15.6. The summed E-state index contributed by atoms with van der Waals surface area (Å²) < 4.78 is 10.1. The quantitative estimate of drug-likeness (QED) is 0.617. The van der Waals surface area contributed by atoms with Crippen molar-refractivity contribution in [1.29, 1.82) is 0 Å². The van der Waals surface area contributed by atoms with E-state index in [1.165, 1.54) is 11.1 Å². The number of nitrogens with zero attached hydrogens (tertiary/aromatic N) is 1. The van der Waals surface area contributed by atoms with Crippen LogP contribution in [0.15, 0.2) is 35.9 Å². The van der Waals surface area contributed by atoms with Gasteiger partial charge in [-0.25, -0.2) is 4.79 Å². The zero-order chi connectivity index (χ0) is 15.1. The van der Waals surface area contributed by atoms with Gasteiger partial charge in [-0.1, -0.05) is 17.7 Å². The minimum Gasteiger partial charge on any atom is -0.497 e. The first-order chi connectivity index (χ1) is 10.2. The molecule has 1 aromatic carbocycles. The number of hydrogen-bond acceptors (Lipinski definition) is 4. The summed E-state index contributed by atoms with van der Waals surface area (Å²) >= 11 is 0. The van der Waals surface area contributed by atoms with Crippen molar-refractivity contribution in [3.05, 3.63) is 41.5 Å². The van der Waals surface area contributed by atoms with Gasteiger partial charge in [0.25, 0.3) is 0 Å². The number of carbonyl (C=O) groups is 1. The molecule has 0 unspecified atom stereocenters. The minimum absolute atomic E-state index is 0.212. The number of hydrogen-bond donors (Lipinski definition) is 0. The smallest absolute Gasteiger partial charge is 0.330 e. The van der Waals surface area contributed by atoms with E-state index < -0.39 is 0 Å². The monoisotopic (exact) mass is 289 g/mol. The summed E-state index contributed by atoms with van der Waals surface area (Å²) in [5.41, 5.74) is 2.48. The predicted molar refractivity (Wildman–Crippen MR) is 82.2 cm³/mol. The first-order valence-electron chi connectivity index (χ1n) is 7.42. The number of piperidine rings is 1. The van der Waals surface area contributed by atoms with Crippen LogP contribution in [-0.4, -0.2) is 37.7 Å². The van der Waals surface area contributed by atoms with Crippen molar-refractivity contribution in [2.24, 2.45) is 0 Å². The van der Waals surface area contributed by atoms with E-state index in [1.54, 1.807) is 13.2 Å². The van der Waals surface area contributed by atoms with E-state index in [9.17, 15) is 4.79 Å². The molecule has 0 aliphatic carbocycles. The fourth-order valence-electron chi connectivity index (χ4n) is 2.48. The van der Waals surface area contributed by atoms with E-state index in [0.717, 1.165) is 38.2 Å². The number of methoxy groups -OCH3 is 1. The molecular weight excluding hydrogens is 266 g/mol. The Labute approximate surface area is 126 Å². The Morgan fingerprint density at radius 3 is 2.48 bits per heavy atom. The first-order valence-corrected chi connectivity index (χ1v) is 7.42. The summed E-state index contributed by atoms with van der Waals surface area (Å²) in [4.78, 5) is 13.8. The van der Waals surface area contributed by atoms with Gasteiger partial charge in [-0.05, 0) is 37.5 Å². The van der Waals surface area contributed by atoms with Crippen molar-refractivity contribution in [2.75, 3.05) is 26.8 Å². The van der Waals surface area contributed by atoms with Gasteiger partial charge in [-0.15, -0.1) is 0 Å². The summed E-state index contributed by atoms with van der Waals surface area (Å²) in [6, 6.07) is 8.18. The number of carbonyl (C=O) groups excluding carboxylic acids is 1. The largest absolute Gasteiger partial charge is 0.497 e. The molecule has 0 aromatic heterocycles. The van der Waals surface area contributed by atoms with Crippen LogP contribution in [0.5, 0.6) is 5.75 Å². The lowest BCUT2D eigenvalue weighted by atomic mass is 10.0. The maximum absolute atomic E-state index is 11.4. The van der Waals surface area contributed by atoms with Gasteiger partial charge < -0.3 is 9.47 Å². The van der Waals surface area contributed by atoms with E-state index >= 15 is 0 Å². The number of ether oxygens (including phenoxy) is 2. The average Bonchev–Trinajstić information content (AvgIpc) is 2.50. The highest BCUT2D eigenvalue weighted by Crippen LogP contribution is 2.19. The molecule has 1 saturated heterocycles. The fraction of sp³-hybridized carbons (Fsp3) is 0.471. The third-order valence-electron chi connectivity index (χ3n) is 3.67. The van der Waals surface area contributed by atoms with Crippen LogP contribution in [0.2, 0.25) is 0 Å². The predicted octanol–water partition coefficient (Wildman–Crippen LogP) is 2.78. The van der Waals surface area contributed by atoms with Crippen molar-refractivity contribution in [2.45, 2.75) is 26.3 Å². The van der Waals surface area contributed by atoms with Gasteiger partial charge in [-0.3, -0.25) is 4.90 Å². The molecular formula is C17H23NO3. The van der Waals surface area contributed by atoms with E-state index in [-0.39, 0.29) is 5.97 Å². The van der Waals surface area contributed by atoms with Crippen LogP contribution < -0.4 is 4.74 Å². The molecule has 114 valence electrons. The van der Waals surface area contributed by atoms with Gasteiger partial charge in [-0.2, -0.15) is 0 Å². The van der Waals surface area contributed by atoms with Gasteiger partial charge in [0, 0.05) is 25.7 Å². The van der Waals surface area contributed by atoms with Gasteiger partial charge >= 0.3 is 5.97 Å². The van der Waals surface area contributed by atoms with Crippen LogP contribution >= 0.6 is 0 Å². The highest BCUT2D eigenvalue weighted by atomic mass is 16.5. The van der Waals surface area contributed by atoms with Crippen molar-refractivity contribution in [3.63, 3.8) is 0 Å². The molecule has 0 amide bonds. The van der Waals surface area contributed by atoms with Crippen molar-refractivity contribution < 1.29 is 14.3 Å². The van der Waals surface area contributed by atoms with Crippen molar-refractivity contribution >= 4 is 5.97 Å². The molecule has 21 heavy (non-hydrogen) atoms. The molecule has 0 radical (unpaired) electrons. The van der Waals surface area contributed by atoms with Crippen molar-refractivity contribution in [1.82, 2.24) is 4.90 Å². The second-order valence-electron chi connectivity index (χ2n) is 5.18. The molecule has 1 aromatic rings. The minimum atomic E-state index is -0.212. The lowest BCUT2D eigenvalue weighted by Crippen LogP contribution is -2.30. The summed E-state index contributed by atoms with van der Waals surface area (Å²) in [6.07, 6.45) is 3.54. The second kappa shape index (κ2) is 7.84. The molecule has 1 aliphatic heterocycles. The van der Waals surface area contributed by atoms with Crippen LogP contribution in [0.1, 0.15) is 25.3 Å². The van der Waals surface area contributed by atoms with E-state index in [4.69, 9.17) is 9.47 Å². The van der Waals surface area contributed by atoms with E-state index in [0.29, 0.717) is 6.61 Å². The summed E-state index contributed by atoms with van der Waals surface area (Å²) in [5.74, 6) is 0.674. The zero-order valence-corrected chi connectivity index (χ0v) is 12.8. The van der Waals surface area contributed by atoms with Gasteiger partial charge in [0.15, 0.2) is 0 Å². The fourth-order valence-corrected chi connectivity index (χ4v) is 2.48.